The summed E-state index contributed by atoms with van der Waals surface area (Å²) in [5.74, 6) is 0. The normalized spacial score (nSPS) is 10.8. The topological polar surface area (TPSA) is 24.9 Å². The van der Waals surface area contributed by atoms with Crippen molar-refractivity contribution >= 4 is 27.3 Å². The fourth-order valence-corrected chi connectivity index (χ4v) is 3.10. The fraction of sp³-hybridized carbons (Fsp3) is 0.308. The van der Waals surface area contributed by atoms with E-state index >= 15 is 0 Å². The van der Waals surface area contributed by atoms with Crippen LogP contribution in [0, 0.1) is 6.92 Å². The van der Waals surface area contributed by atoms with E-state index in [0.717, 1.165) is 28.1 Å². The van der Waals surface area contributed by atoms with Crippen LogP contribution in [0.3, 0.4) is 0 Å². The van der Waals surface area contributed by atoms with Crippen LogP contribution in [0.15, 0.2) is 28.7 Å². The molecule has 0 unspecified atom stereocenters. The smallest absolute Gasteiger partial charge is 0.123 e. The molecule has 1 heterocycles. The Morgan fingerprint density at radius 1 is 1.41 bits per heavy atom. The van der Waals surface area contributed by atoms with Crippen LogP contribution in [-0.4, -0.2) is 18.6 Å². The van der Waals surface area contributed by atoms with Crippen LogP contribution in [0.2, 0.25) is 0 Å². The summed E-state index contributed by atoms with van der Waals surface area (Å²) in [6.07, 6.45) is 1.05. The largest absolute Gasteiger partial charge is 0.319 e. The van der Waals surface area contributed by atoms with Gasteiger partial charge in [-0.2, -0.15) is 0 Å². The van der Waals surface area contributed by atoms with Gasteiger partial charge in [-0.1, -0.05) is 28.1 Å². The van der Waals surface area contributed by atoms with E-state index in [1.54, 1.807) is 11.3 Å². The molecule has 0 aliphatic carbocycles. The lowest BCUT2D eigenvalue weighted by Crippen LogP contribution is -2.09. The standard InChI is InChI=1S/C13H15BrN2S/c1-9-12(6-7-15-2)17-13(16-9)10-4-3-5-11(14)8-10/h3-5,8,15H,6-7H2,1-2H3. The molecule has 90 valence electrons. The summed E-state index contributed by atoms with van der Waals surface area (Å²) in [7, 11) is 1.98. The molecule has 1 aromatic heterocycles. The first kappa shape index (κ1) is 12.7. The van der Waals surface area contributed by atoms with Gasteiger partial charge < -0.3 is 5.32 Å². The molecule has 0 radical (unpaired) electrons. The van der Waals surface area contributed by atoms with Gasteiger partial charge in [-0.15, -0.1) is 11.3 Å². The number of benzene rings is 1. The average molecular weight is 311 g/mol. The summed E-state index contributed by atoms with van der Waals surface area (Å²) >= 11 is 5.28. The Bertz CT molecular complexity index is 508. The Balaban J connectivity index is 2.28. The lowest BCUT2D eigenvalue weighted by Gasteiger charge is -1.97. The third-order valence-electron chi connectivity index (χ3n) is 2.57. The van der Waals surface area contributed by atoms with Gasteiger partial charge in [0.05, 0.1) is 5.69 Å². The quantitative estimate of drug-likeness (QED) is 0.932. The van der Waals surface area contributed by atoms with Gasteiger partial charge in [0.2, 0.25) is 0 Å². The number of thiazole rings is 1. The Hall–Kier alpha value is -0.710. The molecule has 0 fully saturated rings. The highest BCUT2D eigenvalue weighted by Gasteiger charge is 2.09. The maximum absolute atomic E-state index is 4.64. The van der Waals surface area contributed by atoms with E-state index in [0.29, 0.717) is 0 Å². The van der Waals surface area contributed by atoms with Crippen molar-refractivity contribution in [1.82, 2.24) is 10.3 Å². The minimum absolute atomic E-state index is 1.00. The summed E-state index contributed by atoms with van der Waals surface area (Å²) < 4.78 is 1.10. The third kappa shape index (κ3) is 3.15. The average Bonchev–Trinajstić information content (AvgIpc) is 2.68. The summed E-state index contributed by atoms with van der Waals surface area (Å²) in [4.78, 5) is 6.01. The molecule has 2 nitrogen and oxygen atoms in total. The number of nitrogens with zero attached hydrogens (tertiary/aromatic N) is 1. The van der Waals surface area contributed by atoms with Crippen LogP contribution in [0.25, 0.3) is 10.6 Å². The highest BCUT2D eigenvalue weighted by Crippen LogP contribution is 2.29. The Morgan fingerprint density at radius 2 is 2.24 bits per heavy atom. The van der Waals surface area contributed by atoms with Crippen molar-refractivity contribution in [2.24, 2.45) is 0 Å². The van der Waals surface area contributed by atoms with Gasteiger partial charge >= 0.3 is 0 Å². The van der Waals surface area contributed by atoms with Crippen LogP contribution in [0.5, 0.6) is 0 Å². The molecule has 1 N–H and O–H groups in total. The van der Waals surface area contributed by atoms with Gasteiger partial charge in [0.1, 0.15) is 5.01 Å². The number of hydrogen-bond acceptors (Lipinski definition) is 3. The number of halogens is 1. The van der Waals surface area contributed by atoms with Crippen molar-refractivity contribution in [3.8, 4) is 10.6 Å². The lowest BCUT2D eigenvalue weighted by atomic mass is 10.2. The highest BCUT2D eigenvalue weighted by molar-refractivity contribution is 9.10. The van der Waals surface area contributed by atoms with Crippen molar-refractivity contribution in [3.05, 3.63) is 39.3 Å². The van der Waals surface area contributed by atoms with Crippen molar-refractivity contribution in [3.63, 3.8) is 0 Å². The van der Waals surface area contributed by atoms with E-state index in [1.165, 1.54) is 10.4 Å². The minimum atomic E-state index is 1.00. The first-order chi connectivity index (χ1) is 8.20. The zero-order valence-corrected chi connectivity index (χ0v) is 12.4. The van der Waals surface area contributed by atoms with Crippen molar-refractivity contribution in [2.45, 2.75) is 13.3 Å². The summed E-state index contributed by atoms with van der Waals surface area (Å²) in [5.41, 5.74) is 2.34. The second kappa shape index (κ2) is 5.76. The summed E-state index contributed by atoms with van der Waals surface area (Å²) in [6.45, 7) is 3.09. The molecule has 17 heavy (non-hydrogen) atoms. The van der Waals surface area contributed by atoms with Gasteiger partial charge in [0.25, 0.3) is 0 Å². The molecule has 0 aliphatic heterocycles. The maximum atomic E-state index is 4.64. The SMILES string of the molecule is CNCCc1sc(-c2cccc(Br)c2)nc1C. The maximum Gasteiger partial charge on any atom is 0.123 e. The van der Waals surface area contributed by atoms with Crippen molar-refractivity contribution < 1.29 is 0 Å². The molecule has 1 aromatic carbocycles. The second-order valence-electron chi connectivity index (χ2n) is 3.89. The summed E-state index contributed by atoms with van der Waals surface area (Å²) in [5, 5.41) is 4.28. The molecule has 4 heteroatoms. The Labute approximate surface area is 114 Å². The van der Waals surface area contributed by atoms with Gasteiger partial charge in [-0.05, 0) is 39.1 Å². The number of aromatic nitrogens is 1. The van der Waals surface area contributed by atoms with Crippen LogP contribution in [0.4, 0.5) is 0 Å². The number of likely N-dealkylation sites (N-methyl/N-ethyl adjacent to an activating group) is 1. The monoisotopic (exact) mass is 310 g/mol. The van der Waals surface area contributed by atoms with E-state index in [4.69, 9.17) is 0 Å². The predicted octanol–water partition coefficient (Wildman–Crippen LogP) is 3.64. The molecular weight excluding hydrogens is 296 g/mol. The third-order valence-corrected chi connectivity index (χ3v) is 4.33. The Kier molecular flexibility index (Phi) is 4.31. The highest BCUT2D eigenvalue weighted by atomic mass is 79.9. The number of nitrogens with one attached hydrogen (secondary N) is 1. The number of hydrogen-bond donors (Lipinski definition) is 1. The molecule has 0 saturated carbocycles. The molecule has 0 spiro atoms. The number of rotatable bonds is 4. The van der Waals surface area contributed by atoms with Gasteiger partial charge in [-0.3, -0.25) is 0 Å². The molecule has 2 aromatic rings. The predicted molar refractivity (Wildman–Crippen MR) is 77.6 cm³/mol. The molecular formula is C13H15BrN2S. The van der Waals surface area contributed by atoms with E-state index in [2.05, 4.69) is 45.3 Å². The van der Waals surface area contributed by atoms with Gasteiger partial charge in [0, 0.05) is 14.9 Å². The molecule has 0 saturated heterocycles. The van der Waals surface area contributed by atoms with Crippen LogP contribution in [0.1, 0.15) is 10.6 Å². The zero-order chi connectivity index (χ0) is 12.3. The minimum Gasteiger partial charge on any atom is -0.319 e. The Morgan fingerprint density at radius 3 is 2.94 bits per heavy atom. The van der Waals surface area contributed by atoms with Crippen LogP contribution in [-0.2, 0) is 6.42 Å². The first-order valence-electron chi connectivity index (χ1n) is 5.57. The van der Waals surface area contributed by atoms with E-state index in [1.807, 2.05) is 19.2 Å². The molecule has 0 amide bonds. The number of aryl methyl sites for hydroxylation is 1. The van der Waals surface area contributed by atoms with Gasteiger partial charge in [0.15, 0.2) is 0 Å². The molecule has 2 rings (SSSR count). The van der Waals surface area contributed by atoms with E-state index < -0.39 is 0 Å². The molecule has 0 atom stereocenters. The fourth-order valence-electron chi connectivity index (χ4n) is 1.64. The summed E-state index contributed by atoms with van der Waals surface area (Å²) in [6, 6.07) is 8.29. The van der Waals surface area contributed by atoms with Crippen molar-refractivity contribution in [1.29, 1.82) is 0 Å². The molecule has 0 bridgehead atoms. The first-order valence-corrected chi connectivity index (χ1v) is 7.18. The molecule has 0 aliphatic rings. The second-order valence-corrected chi connectivity index (χ2v) is 5.89. The van der Waals surface area contributed by atoms with Crippen LogP contribution >= 0.6 is 27.3 Å². The van der Waals surface area contributed by atoms with Gasteiger partial charge in [-0.25, -0.2) is 4.98 Å². The van der Waals surface area contributed by atoms with E-state index in [-0.39, 0.29) is 0 Å². The van der Waals surface area contributed by atoms with Crippen LogP contribution < -0.4 is 5.32 Å². The van der Waals surface area contributed by atoms with Crippen molar-refractivity contribution in [2.75, 3.05) is 13.6 Å². The van der Waals surface area contributed by atoms with E-state index in [9.17, 15) is 0 Å². The zero-order valence-electron chi connectivity index (χ0n) is 9.96. The lowest BCUT2D eigenvalue weighted by molar-refractivity contribution is 0.795.